The zero-order valence-corrected chi connectivity index (χ0v) is 8.53. The molecular weight excluding hydrogens is 180 g/mol. The van der Waals surface area contributed by atoms with Gasteiger partial charge in [0.05, 0.1) is 12.2 Å². The lowest BCUT2D eigenvalue weighted by Crippen LogP contribution is -2.39. The molecule has 1 amide bonds. The summed E-state index contributed by atoms with van der Waals surface area (Å²) in [5.74, 6) is -0.114. The van der Waals surface area contributed by atoms with Crippen molar-refractivity contribution >= 4 is 5.91 Å². The maximum absolute atomic E-state index is 11.3. The van der Waals surface area contributed by atoms with Crippen LogP contribution in [0.4, 0.5) is 0 Å². The van der Waals surface area contributed by atoms with Crippen LogP contribution in [0, 0.1) is 0 Å². The maximum Gasteiger partial charge on any atom is 0.237 e. The number of nitrogens with two attached hydrogens (primary N) is 1. The molecule has 1 atom stereocenters. The van der Waals surface area contributed by atoms with E-state index in [0.29, 0.717) is 13.0 Å². The van der Waals surface area contributed by atoms with E-state index < -0.39 is 6.04 Å². The highest BCUT2D eigenvalue weighted by Gasteiger charge is 2.09. The van der Waals surface area contributed by atoms with Crippen LogP contribution in [0.2, 0.25) is 0 Å². The number of nitrogens with zero attached hydrogens (tertiary/aromatic N) is 2. The molecule has 0 aromatic carbocycles. The highest BCUT2D eigenvalue weighted by molar-refractivity contribution is 5.81. The van der Waals surface area contributed by atoms with Gasteiger partial charge in [0.2, 0.25) is 5.91 Å². The third-order valence-electron chi connectivity index (χ3n) is 2.00. The molecule has 3 N–H and O–H groups in total. The number of carbonyl (C=O) groups excluding carboxylic acids is 1. The fourth-order valence-corrected chi connectivity index (χ4v) is 1.07. The Morgan fingerprint density at radius 2 is 2.50 bits per heavy atom. The normalized spacial score (nSPS) is 12.5. The van der Waals surface area contributed by atoms with E-state index in [1.807, 2.05) is 20.2 Å². The third-order valence-corrected chi connectivity index (χ3v) is 2.00. The van der Waals surface area contributed by atoms with E-state index in [1.165, 1.54) is 0 Å². The number of amides is 1. The van der Waals surface area contributed by atoms with Gasteiger partial charge in [-0.1, -0.05) is 6.92 Å². The van der Waals surface area contributed by atoms with Crippen LogP contribution in [0.5, 0.6) is 0 Å². The number of aryl methyl sites for hydroxylation is 1. The lowest BCUT2D eigenvalue weighted by Gasteiger charge is -2.08. The van der Waals surface area contributed by atoms with Crippen LogP contribution in [-0.2, 0) is 18.4 Å². The van der Waals surface area contributed by atoms with Gasteiger partial charge in [0.25, 0.3) is 0 Å². The summed E-state index contributed by atoms with van der Waals surface area (Å²) >= 11 is 0. The first kappa shape index (κ1) is 10.7. The van der Waals surface area contributed by atoms with Gasteiger partial charge in [-0.15, -0.1) is 0 Å². The SMILES string of the molecule is CC[C@@H](N)C(=O)NCc1cnn(C)c1. The number of hydrogen-bond donors (Lipinski definition) is 2. The molecule has 1 aromatic heterocycles. The van der Waals surface area contributed by atoms with Crippen molar-refractivity contribution < 1.29 is 4.79 Å². The third kappa shape index (κ3) is 2.85. The second-order valence-corrected chi connectivity index (χ2v) is 3.25. The minimum absolute atomic E-state index is 0.114. The summed E-state index contributed by atoms with van der Waals surface area (Å²) in [7, 11) is 1.84. The Labute approximate surface area is 83.3 Å². The van der Waals surface area contributed by atoms with Gasteiger partial charge in [-0.3, -0.25) is 9.48 Å². The largest absolute Gasteiger partial charge is 0.351 e. The molecular formula is C9H16N4O. The van der Waals surface area contributed by atoms with Crippen molar-refractivity contribution in [2.24, 2.45) is 12.8 Å². The predicted octanol–water partition coefficient (Wildman–Crippen LogP) is -0.226. The van der Waals surface area contributed by atoms with Gasteiger partial charge < -0.3 is 11.1 Å². The summed E-state index contributed by atoms with van der Waals surface area (Å²) in [4.78, 5) is 11.3. The van der Waals surface area contributed by atoms with Gasteiger partial charge in [-0.2, -0.15) is 5.10 Å². The molecule has 0 aliphatic carbocycles. The van der Waals surface area contributed by atoms with Gasteiger partial charge in [0.15, 0.2) is 0 Å². The van der Waals surface area contributed by atoms with E-state index in [9.17, 15) is 4.79 Å². The molecule has 0 spiro atoms. The van der Waals surface area contributed by atoms with Gasteiger partial charge in [-0.05, 0) is 6.42 Å². The topological polar surface area (TPSA) is 72.9 Å². The van der Waals surface area contributed by atoms with Crippen molar-refractivity contribution in [1.29, 1.82) is 0 Å². The smallest absolute Gasteiger partial charge is 0.237 e. The van der Waals surface area contributed by atoms with Crippen molar-refractivity contribution in [2.45, 2.75) is 25.9 Å². The van der Waals surface area contributed by atoms with E-state index >= 15 is 0 Å². The lowest BCUT2D eigenvalue weighted by molar-refractivity contribution is -0.122. The molecule has 1 aromatic rings. The monoisotopic (exact) mass is 196 g/mol. The molecule has 0 aliphatic heterocycles. The van der Waals surface area contributed by atoms with Crippen LogP contribution in [0.15, 0.2) is 12.4 Å². The standard InChI is InChI=1S/C9H16N4O/c1-3-8(10)9(14)11-4-7-5-12-13(2)6-7/h5-6,8H,3-4,10H2,1-2H3,(H,11,14)/t8-/m1/s1. The first-order valence-electron chi connectivity index (χ1n) is 4.64. The van der Waals surface area contributed by atoms with Crippen molar-refractivity contribution in [2.75, 3.05) is 0 Å². The van der Waals surface area contributed by atoms with Gasteiger partial charge >= 0.3 is 0 Å². The molecule has 1 rings (SSSR count). The molecule has 0 fully saturated rings. The molecule has 0 aliphatic rings. The molecule has 0 saturated carbocycles. The molecule has 0 radical (unpaired) electrons. The van der Waals surface area contributed by atoms with Crippen LogP contribution in [0.25, 0.3) is 0 Å². The second-order valence-electron chi connectivity index (χ2n) is 3.25. The molecule has 5 nitrogen and oxygen atoms in total. The fourth-order valence-electron chi connectivity index (χ4n) is 1.07. The first-order valence-corrected chi connectivity index (χ1v) is 4.64. The predicted molar refractivity (Wildman–Crippen MR) is 53.3 cm³/mol. The average molecular weight is 196 g/mol. The first-order chi connectivity index (χ1) is 6.63. The summed E-state index contributed by atoms with van der Waals surface area (Å²) in [6.45, 7) is 2.37. The van der Waals surface area contributed by atoms with Crippen LogP contribution in [0.1, 0.15) is 18.9 Å². The van der Waals surface area contributed by atoms with Crippen molar-refractivity contribution in [1.82, 2.24) is 15.1 Å². The highest BCUT2D eigenvalue weighted by Crippen LogP contribution is 1.95. The summed E-state index contributed by atoms with van der Waals surface area (Å²) in [6, 6.07) is -0.410. The average Bonchev–Trinajstić information content (AvgIpc) is 2.59. The van der Waals surface area contributed by atoms with E-state index in [-0.39, 0.29) is 5.91 Å². The van der Waals surface area contributed by atoms with Crippen LogP contribution >= 0.6 is 0 Å². The Morgan fingerprint density at radius 1 is 1.79 bits per heavy atom. The Balaban J connectivity index is 2.37. The van der Waals surface area contributed by atoms with Crippen molar-refractivity contribution in [3.63, 3.8) is 0 Å². The van der Waals surface area contributed by atoms with E-state index in [4.69, 9.17) is 5.73 Å². The Morgan fingerprint density at radius 3 is 3.00 bits per heavy atom. The van der Waals surface area contributed by atoms with E-state index in [0.717, 1.165) is 5.56 Å². The van der Waals surface area contributed by atoms with Crippen LogP contribution in [0.3, 0.4) is 0 Å². The van der Waals surface area contributed by atoms with Gasteiger partial charge in [0.1, 0.15) is 0 Å². The molecule has 5 heteroatoms. The summed E-state index contributed by atoms with van der Waals surface area (Å²) < 4.78 is 1.70. The minimum atomic E-state index is -0.410. The Bertz CT molecular complexity index is 308. The number of rotatable bonds is 4. The summed E-state index contributed by atoms with van der Waals surface area (Å²) in [6.07, 6.45) is 4.23. The molecule has 1 heterocycles. The van der Waals surface area contributed by atoms with E-state index in [2.05, 4.69) is 10.4 Å². The van der Waals surface area contributed by atoms with Crippen molar-refractivity contribution in [3.05, 3.63) is 18.0 Å². The van der Waals surface area contributed by atoms with Gasteiger partial charge in [-0.25, -0.2) is 0 Å². The number of nitrogens with one attached hydrogen (secondary N) is 1. The second kappa shape index (κ2) is 4.76. The zero-order chi connectivity index (χ0) is 10.6. The van der Waals surface area contributed by atoms with Crippen LogP contribution < -0.4 is 11.1 Å². The lowest BCUT2D eigenvalue weighted by atomic mass is 10.2. The maximum atomic E-state index is 11.3. The zero-order valence-electron chi connectivity index (χ0n) is 8.53. The molecule has 0 saturated heterocycles. The molecule has 0 unspecified atom stereocenters. The van der Waals surface area contributed by atoms with Crippen LogP contribution in [-0.4, -0.2) is 21.7 Å². The number of carbonyl (C=O) groups is 1. The number of hydrogen-bond acceptors (Lipinski definition) is 3. The summed E-state index contributed by atoms with van der Waals surface area (Å²) in [5, 5.41) is 6.74. The van der Waals surface area contributed by atoms with E-state index in [1.54, 1.807) is 10.9 Å². The van der Waals surface area contributed by atoms with Crippen molar-refractivity contribution in [3.8, 4) is 0 Å². The quantitative estimate of drug-likeness (QED) is 0.699. The molecule has 78 valence electrons. The van der Waals surface area contributed by atoms with Gasteiger partial charge in [0, 0.05) is 25.4 Å². The minimum Gasteiger partial charge on any atom is -0.351 e. The Hall–Kier alpha value is -1.36. The summed E-state index contributed by atoms with van der Waals surface area (Å²) in [5.41, 5.74) is 6.53. The molecule has 14 heavy (non-hydrogen) atoms. The fraction of sp³-hybridized carbons (Fsp3) is 0.556. The number of aromatic nitrogens is 2. The highest BCUT2D eigenvalue weighted by atomic mass is 16.2. The Kier molecular flexibility index (Phi) is 3.64. The molecule has 0 bridgehead atoms.